The van der Waals surface area contributed by atoms with Crippen molar-refractivity contribution in [3.63, 3.8) is 0 Å². The Morgan fingerprint density at radius 2 is 2.29 bits per heavy atom. The summed E-state index contributed by atoms with van der Waals surface area (Å²) in [5.74, 6) is 0.836. The Morgan fingerprint density at radius 3 is 3.00 bits per heavy atom. The first-order valence-electron chi connectivity index (χ1n) is 6.94. The van der Waals surface area contributed by atoms with Crippen LogP contribution in [-0.2, 0) is 9.53 Å². The summed E-state index contributed by atoms with van der Waals surface area (Å²) in [7, 11) is 0. The standard InChI is InChI=1S/C15H24O2/c1-4-17-14(16)12-8-9-13-7-5-6-11(2)15(13,3)10-12/h7,11-12H,4-6,8-10H2,1-3H3/t11-,12+,15+/m0/s1. The Morgan fingerprint density at radius 1 is 1.53 bits per heavy atom. The Labute approximate surface area is 104 Å². The number of esters is 1. The monoisotopic (exact) mass is 236 g/mol. The summed E-state index contributed by atoms with van der Waals surface area (Å²) in [4.78, 5) is 11.9. The summed E-state index contributed by atoms with van der Waals surface area (Å²) >= 11 is 0. The highest BCUT2D eigenvalue weighted by Gasteiger charge is 2.43. The van der Waals surface area contributed by atoms with E-state index in [2.05, 4.69) is 19.9 Å². The predicted octanol–water partition coefficient (Wildman–Crippen LogP) is 3.71. The van der Waals surface area contributed by atoms with Crippen LogP contribution in [0.2, 0.25) is 0 Å². The molecule has 2 aliphatic rings. The summed E-state index contributed by atoms with van der Waals surface area (Å²) in [6.07, 6.45) is 7.95. The van der Waals surface area contributed by atoms with E-state index < -0.39 is 0 Å². The van der Waals surface area contributed by atoms with Crippen molar-refractivity contribution in [2.24, 2.45) is 17.3 Å². The molecule has 2 aliphatic carbocycles. The van der Waals surface area contributed by atoms with Crippen molar-refractivity contribution in [3.05, 3.63) is 11.6 Å². The van der Waals surface area contributed by atoms with E-state index in [9.17, 15) is 4.79 Å². The maximum atomic E-state index is 11.9. The fraction of sp³-hybridized carbons (Fsp3) is 0.800. The molecule has 0 spiro atoms. The molecule has 0 amide bonds. The average molecular weight is 236 g/mol. The SMILES string of the molecule is CCOC(=O)[C@@H]1CCC2=CCC[C@H](C)[C@@]2(C)C1. The topological polar surface area (TPSA) is 26.3 Å². The molecule has 0 saturated heterocycles. The third-order valence-electron chi connectivity index (χ3n) is 4.86. The van der Waals surface area contributed by atoms with Gasteiger partial charge in [0.25, 0.3) is 0 Å². The van der Waals surface area contributed by atoms with E-state index in [1.165, 1.54) is 12.8 Å². The molecule has 1 saturated carbocycles. The van der Waals surface area contributed by atoms with E-state index in [0.29, 0.717) is 12.5 Å². The molecule has 0 bridgehead atoms. The lowest BCUT2D eigenvalue weighted by molar-refractivity contribution is -0.150. The molecule has 0 aromatic heterocycles. The highest BCUT2D eigenvalue weighted by Crippen LogP contribution is 2.52. The molecule has 17 heavy (non-hydrogen) atoms. The van der Waals surface area contributed by atoms with Gasteiger partial charge in [-0.2, -0.15) is 0 Å². The van der Waals surface area contributed by atoms with Gasteiger partial charge in [-0.05, 0) is 50.4 Å². The number of carbonyl (C=O) groups excluding carboxylic acids is 1. The van der Waals surface area contributed by atoms with Gasteiger partial charge in [0.05, 0.1) is 12.5 Å². The second kappa shape index (κ2) is 4.83. The number of hydrogen-bond acceptors (Lipinski definition) is 2. The molecule has 0 aromatic rings. The third kappa shape index (κ3) is 2.27. The summed E-state index contributed by atoms with van der Waals surface area (Å²) < 4.78 is 5.18. The van der Waals surface area contributed by atoms with Crippen molar-refractivity contribution in [2.45, 2.75) is 52.9 Å². The van der Waals surface area contributed by atoms with Crippen molar-refractivity contribution >= 4 is 5.97 Å². The van der Waals surface area contributed by atoms with Gasteiger partial charge in [0.15, 0.2) is 0 Å². The molecule has 0 heterocycles. The van der Waals surface area contributed by atoms with Crippen molar-refractivity contribution in [1.29, 1.82) is 0 Å². The lowest BCUT2D eigenvalue weighted by atomic mass is 9.58. The molecule has 2 nitrogen and oxygen atoms in total. The van der Waals surface area contributed by atoms with E-state index in [4.69, 9.17) is 4.74 Å². The minimum atomic E-state index is 0.0190. The number of rotatable bonds is 2. The Hall–Kier alpha value is -0.790. The first-order valence-corrected chi connectivity index (χ1v) is 6.94. The van der Waals surface area contributed by atoms with Gasteiger partial charge in [-0.25, -0.2) is 0 Å². The summed E-state index contributed by atoms with van der Waals surface area (Å²) in [5, 5.41) is 0. The Bertz CT molecular complexity index is 332. The van der Waals surface area contributed by atoms with Crippen LogP contribution in [0.5, 0.6) is 0 Å². The maximum Gasteiger partial charge on any atom is 0.308 e. The van der Waals surface area contributed by atoms with Crippen molar-refractivity contribution < 1.29 is 9.53 Å². The fourth-order valence-corrected chi connectivity index (χ4v) is 3.50. The van der Waals surface area contributed by atoms with E-state index in [-0.39, 0.29) is 17.3 Å². The predicted molar refractivity (Wildman–Crippen MR) is 68.6 cm³/mol. The molecule has 96 valence electrons. The molecule has 0 aliphatic heterocycles. The molecule has 0 aromatic carbocycles. The summed E-state index contributed by atoms with van der Waals surface area (Å²) in [5.41, 5.74) is 1.84. The molecule has 0 radical (unpaired) electrons. The molecular weight excluding hydrogens is 212 g/mol. The lowest BCUT2D eigenvalue weighted by Crippen LogP contribution is -2.38. The molecule has 2 heteroatoms. The minimum Gasteiger partial charge on any atom is -0.466 e. The summed E-state index contributed by atoms with van der Waals surface area (Å²) in [6, 6.07) is 0. The minimum absolute atomic E-state index is 0.0190. The zero-order valence-electron chi connectivity index (χ0n) is 11.3. The Kier molecular flexibility index (Phi) is 3.60. The smallest absolute Gasteiger partial charge is 0.308 e. The van der Waals surface area contributed by atoms with Crippen molar-refractivity contribution in [2.75, 3.05) is 6.61 Å². The van der Waals surface area contributed by atoms with Crippen LogP contribution in [0, 0.1) is 17.3 Å². The molecule has 0 N–H and O–H groups in total. The molecular formula is C15H24O2. The third-order valence-corrected chi connectivity index (χ3v) is 4.86. The zero-order valence-corrected chi connectivity index (χ0v) is 11.3. The van der Waals surface area contributed by atoms with E-state index in [0.717, 1.165) is 19.3 Å². The van der Waals surface area contributed by atoms with Gasteiger partial charge in [0.1, 0.15) is 0 Å². The highest BCUT2D eigenvalue weighted by atomic mass is 16.5. The van der Waals surface area contributed by atoms with Gasteiger partial charge in [0.2, 0.25) is 0 Å². The second-order valence-electron chi connectivity index (χ2n) is 5.82. The average Bonchev–Trinajstić information content (AvgIpc) is 2.30. The zero-order chi connectivity index (χ0) is 12.5. The molecule has 3 atom stereocenters. The van der Waals surface area contributed by atoms with Crippen LogP contribution in [0.25, 0.3) is 0 Å². The quantitative estimate of drug-likeness (QED) is 0.539. The van der Waals surface area contributed by atoms with Gasteiger partial charge in [-0.3, -0.25) is 4.79 Å². The van der Waals surface area contributed by atoms with E-state index >= 15 is 0 Å². The molecule has 2 rings (SSSR count). The first kappa shape index (κ1) is 12.7. The number of allylic oxidation sites excluding steroid dienone is 2. The number of ether oxygens (including phenoxy) is 1. The van der Waals surface area contributed by atoms with Crippen LogP contribution >= 0.6 is 0 Å². The number of carbonyl (C=O) groups is 1. The number of hydrogen-bond donors (Lipinski definition) is 0. The van der Waals surface area contributed by atoms with Crippen LogP contribution in [0.4, 0.5) is 0 Å². The van der Waals surface area contributed by atoms with Gasteiger partial charge in [0, 0.05) is 0 Å². The van der Waals surface area contributed by atoms with Gasteiger partial charge < -0.3 is 4.74 Å². The maximum absolute atomic E-state index is 11.9. The van der Waals surface area contributed by atoms with Crippen molar-refractivity contribution in [3.8, 4) is 0 Å². The van der Waals surface area contributed by atoms with Gasteiger partial charge in [-0.15, -0.1) is 0 Å². The van der Waals surface area contributed by atoms with Gasteiger partial charge >= 0.3 is 5.97 Å². The van der Waals surface area contributed by atoms with Crippen molar-refractivity contribution in [1.82, 2.24) is 0 Å². The Balaban J connectivity index is 2.12. The van der Waals surface area contributed by atoms with E-state index in [1.54, 1.807) is 5.57 Å². The van der Waals surface area contributed by atoms with Gasteiger partial charge in [-0.1, -0.05) is 25.5 Å². The van der Waals surface area contributed by atoms with Crippen LogP contribution in [0.1, 0.15) is 52.9 Å². The summed E-state index contributed by atoms with van der Waals surface area (Å²) in [6.45, 7) is 7.07. The van der Waals surface area contributed by atoms with E-state index in [1.807, 2.05) is 6.92 Å². The largest absolute Gasteiger partial charge is 0.466 e. The lowest BCUT2D eigenvalue weighted by Gasteiger charge is -2.46. The van der Waals surface area contributed by atoms with Crippen LogP contribution in [-0.4, -0.2) is 12.6 Å². The van der Waals surface area contributed by atoms with Crippen LogP contribution in [0.3, 0.4) is 0 Å². The van der Waals surface area contributed by atoms with Crippen LogP contribution < -0.4 is 0 Å². The fourth-order valence-electron chi connectivity index (χ4n) is 3.50. The molecule has 0 unspecified atom stereocenters. The number of fused-ring (bicyclic) bond motifs is 1. The van der Waals surface area contributed by atoms with Crippen LogP contribution in [0.15, 0.2) is 11.6 Å². The molecule has 1 fully saturated rings. The highest BCUT2D eigenvalue weighted by molar-refractivity contribution is 5.73. The first-order chi connectivity index (χ1) is 8.08. The normalized spacial score (nSPS) is 37.0. The second-order valence-corrected chi connectivity index (χ2v) is 5.82.